The zero-order chi connectivity index (χ0) is 29.5. The van der Waals surface area contributed by atoms with E-state index in [0.29, 0.717) is 0 Å². The largest absolute Gasteiger partial charge is 0.454 e. The molecule has 3 nitrogen and oxygen atoms in total. The van der Waals surface area contributed by atoms with Gasteiger partial charge in [0.15, 0.2) is 5.58 Å². The van der Waals surface area contributed by atoms with Crippen molar-refractivity contribution >= 4 is 60.7 Å². The summed E-state index contributed by atoms with van der Waals surface area (Å²) in [5.74, 6) is 0. The van der Waals surface area contributed by atoms with Gasteiger partial charge in [-0.05, 0) is 90.2 Å². The quantitative estimate of drug-likeness (QED) is 0.205. The Hall–Kier alpha value is -5.80. The van der Waals surface area contributed by atoms with Crippen molar-refractivity contribution in [3.05, 3.63) is 151 Å². The highest BCUT2D eigenvalue weighted by Gasteiger charge is 2.21. The van der Waals surface area contributed by atoms with Crippen molar-refractivity contribution in [2.75, 3.05) is 0 Å². The van der Waals surface area contributed by atoms with Crippen molar-refractivity contribution in [2.45, 2.75) is 12.8 Å². The van der Waals surface area contributed by atoms with Gasteiger partial charge in [-0.3, -0.25) is 0 Å². The third kappa shape index (κ3) is 3.52. The second kappa shape index (κ2) is 9.35. The zero-order valence-electron chi connectivity index (χ0n) is 24.6. The summed E-state index contributed by atoms with van der Waals surface area (Å²) in [4.78, 5) is 0. The number of para-hydroxylation sites is 4. The molecule has 3 heteroatoms. The molecule has 0 saturated heterocycles. The van der Waals surface area contributed by atoms with Crippen molar-refractivity contribution in [1.29, 1.82) is 0 Å². The van der Waals surface area contributed by atoms with Crippen LogP contribution >= 0.6 is 0 Å². The van der Waals surface area contributed by atoms with Crippen molar-refractivity contribution in [3.8, 4) is 22.5 Å². The maximum atomic E-state index is 6.49. The summed E-state index contributed by atoms with van der Waals surface area (Å²) in [5.41, 5.74) is 12.9. The van der Waals surface area contributed by atoms with E-state index in [4.69, 9.17) is 4.42 Å². The number of benzene rings is 6. The number of fused-ring (bicyclic) bond motifs is 9. The van der Waals surface area contributed by atoms with E-state index < -0.39 is 0 Å². The van der Waals surface area contributed by atoms with E-state index in [2.05, 4.69) is 149 Å². The number of hydrogen-bond acceptors (Lipinski definition) is 1. The third-order valence-electron chi connectivity index (χ3n) is 9.59. The molecule has 0 radical (unpaired) electrons. The fourth-order valence-electron chi connectivity index (χ4n) is 7.59. The standard InChI is InChI=1S/C42H28N2O/c1-2-11-29(12-3-1)43-36-17-7-4-13-30(36)34-25-27(21-23-38(34)43)28-22-24-39-35(26-28)31-14-5-8-18-37(31)44(39)40-19-10-16-33-32-15-6-9-20-41(32)45-42(33)40/h1-3,5-12,14-26H,4,13H2. The Bertz CT molecular complexity index is 2650. The Morgan fingerprint density at radius 1 is 0.511 bits per heavy atom. The molecule has 1 aliphatic rings. The molecule has 45 heavy (non-hydrogen) atoms. The number of nitrogens with zero attached hydrogens (tertiary/aromatic N) is 2. The Kier molecular flexibility index (Phi) is 5.11. The fourth-order valence-corrected chi connectivity index (χ4v) is 7.59. The van der Waals surface area contributed by atoms with Gasteiger partial charge >= 0.3 is 0 Å². The molecule has 0 aliphatic heterocycles. The third-order valence-corrected chi connectivity index (χ3v) is 9.59. The first kappa shape index (κ1) is 24.6. The lowest BCUT2D eigenvalue weighted by molar-refractivity contribution is 0.666. The summed E-state index contributed by atoms with van der Waals surface area (Å²) >= 11 is 0. The molecule has 1 aliphatic carbocycles. The van der Waals surface area contributed by atoms with Gasteiger partial charge in [-0.1, -0.05) is 84.9 Å². The van der Waals surface area contributed by atoms with Crippen LogP contribution in [-0.4, -0.2) is 9.13 Å². The van der Waals surface area contributed by atoms with E-state index in [1.54, 1.807) is 0 Å². The van der Waals surface area contributed by atoms with Crippen LogP contribution in [0.1, 0.15) is 17.7 Å². The predicted octanol–water partition coefficient (Wildman–Crippen LogP) is 11.3. The van der Waals surface area contributed by atoms with E-state index in [-0.39, 0.29) is 0 Å². The maximum Gasteiger partial charge on any atom is 0.159 e. The molecule has 0 N–H and O–H groups in total. The van der Waals surface area contributed by atoms with Gasteiger partial charge in [0.2, 0.25) is 0 Å². The van der Waals surface area contributed by atoms with Crippen molar-refractivity contribution in [1.82, 2.24) is 9.13 Å². The summed E-state index contributed by atoms with van der Waals surface area (Å²) in [5, 5.41) is 6.10. The molecule has 212 valence electrons. The highest BCUT2D eigenvalue weighted by atomic mass is 16.3. The number of aromatic nitrogens is 2. The second-order valence-electron chi connectivity index (χ2n) is 12.0. The number of rotatable bonds is 3. The number of hydrogen-bond donors (Lipinski definition) is 0. The highest BCUT2D eigenvalue weighted by Crippen LogP contribution is 2.40. The SMILES string of the molecule is C1=Cc2c(c3cc(-c4ccc5c(c4)c4ccccc4n5-c4cccc5c4oc4ccccc45)ccc3n2-c2ccccc2)CC1. The first-order valence-electron chi connectivity index (χ1n) is 15.7. The molecular formula is C42H28N2O. The molecule has 3 heterocycles. The Morgan fingerprint density at radius 3 is 2.07 bits per heavy atom. The van der Waals surface area contributed by atoms with Gasteiger partial charge in [0, 0.05) is 38.3 Å². The topological polar surface area (TPSA) is 23.0 Å². The number of allylic oxidation sites excluding steroid dienone is 1. The van der Waals surface area contributed by atoms with E-state index in [9.17, 15) is 0 Å². The Labute approximate surface area is 259 Å². The minimum atomic E-state index is 0.914. The van der Waals surface area contributed by atoms with E-state index in [0.717, 1.165) is 40.5 Å². The van der Waals surface area contributed by atoms with Crippen LogP contribution in [0.4, 0.5) is 0 Å². The normalized spacial score (nSPS) is 13.1. The summed E-state index contributed by atoms with van der Waals surface area (Å²) in [6, 6.07) is 48.1. The van der Waals surface area contributed by atoms with Crippen LogP contribution in [0.15, 0.2) is 144 Å². The molecular weight excluding hydrogens is 548 g/mol. The zero-order valence-corrected chi connectivity index (χ0v) is 24.6. The number of furan rings is 1. The van der Waals surface area contributed by atoms with Gasteiger partial charge in [0.1, 0.15) is 5.58 Å². The lowest BCUT2D eigenvalue weighted by Crippen LogP contribution is -1.99. The molecule has 9 aromatic rings. The monoisotopic (exact) mass is 576 g/mol. The summed E-state index contributed by atoms with van der Waals surface area (Å²) in [6.45, 7) is 0. The van der Waals surface area contributed by atoms with E-state index in [1.165, 1.54) is 60.8 Å². The van der Waals surface area contributed by atoms with Crippen molar-refractivity contribution in [2.24, 2.45) is 0 Å². The minimum Gasteiger partial charge on any atom is -0.454 e. The van der Waals surface area contributed by atoms with Crippen LogP contribution in [0.3, 0.4) is 0 Å². The molecule has 10 rings (SSSR count). The predicted molar refractivity (Wildman–Crippen MR) is 188 cm³/mol. The highest BCUT2D eigenvalue weighted by molar-refractivity contribution is 6.13. The maximum absolute atomic E-state index is 6.49. The van der Waals surface area contributed by atoms with Crippen LogP contribution in [-0.2, 0) is 6.42 Å². The lowest BCUT2D eigenvalue weighted by atomic mass is 9.97. The Balaban J connectivity index is 1.19. The van der Waals surface area contributed by atoms with Gasteiger partial charge in [-0.15, -0.1) is 0 Å². The van der Waals surface area contributed by atoms with Gasteiger partial charge in [-0.2, -0.15) is 0 Å². The van der Waals surface area contributed by atoms with Crippen LogP contribution in [0.5, 0.6) is 0 Å². The van der Waals surface area contributed by atoms with Crippen LogP contribution < -0.4 is 0 Å². The van der Waals surface area contributed by atoms with E-state index >= 15 is 0 Å². The van der Waals surface area contributed by atoms with Crippen molar-refractivity contribution < 1.29 is 4.42 Å². The molecule has 3 aromatic heterocycles. The molecule has 0 spiro atoms. The lowest BCUT2D eigenvalue weighted by Gasteiger charge is -2.11. The minimum absolute atomic E-state index is 0.914. The first-order chi connectivity index (χ1) is 22.3. The molecule has 0 amide bonds. The van der Waals surface area contributed by atoms with Gasteiger partial charge in [0.05, 0.1) is 22.2 Å². The van der Waals surface area contributed by atoms with Crippen LogP contribution in [0.25, 0.3) is 83.2 Å². The van der Waals surface area contributed by atoms with Gasteiger partial charge < -0.3 is 13.6 Å². The first-order valence-corrected chi connectivity index (χ1v) is 15.7. The summed E-state index contributed by atoms with van der Waals surface area (Å²) in [7, 11) is 0. The molecule has 0 bridgehead atoms. The second-order valence-corrected chi connectivity index (χ2v) is 12.0. The van der Waals surface area contributed by atoms with Crippen molar-refractivity contribution in [3.63, 3.8) is 0 Å². The Morgan fingerprint density at radius 2 is 1.20 bits per heavy atom. The molecule has 0 unspecified atom stereocenters. The fraction of sp³-hybridized carbons (Fsp3) is 0.0476. The molecule has 6 aromatic carbocycles. The average molecular weight is 577 g/mol. The van der Waals surface area contributed by atoms with Crippen LogP contribution in [0, 0.1) is 0 Å². The molecule has 0 atom stereocenters. The smallest absolute Gasteiger partial charge is 0.159 e. The van der Waals surface area contributed by atoms with Gasteiger partial charge in [-0.25, -0.2) is 0 Å². The van der Waals surface area contributed by atoms with Crippen LogP contribution in [0.2, 0.25) is 0 Å². The summed E-state index contributed by atoms with van der Waals surface area (Å²) in [6.07, 6.45) is 6.74. The number of aryl methyl sites for hydroxylation is 1. The molecule has 0 saturated carbocycles. The van der Waals surface area contributed by atoms with E-state index in [1.807, 2.05) is 6.07 Å². The summed E-state index contributed by atoms with van der Waals surface area (Å²) < 4.78 is 11.3. The average Bonchev–Trinajstić information content (AvgIpc) is 3.76. The van der Waals surface area contributed by atoms with Gasteiger partial charge in [0.25, 0.3) is 0 Å². The molecule has 0 fully saturated rings.